The molecule has 0 heterocycles. The van der Waals surface area contributed by atoms with Crippen LogP contribution in [0.3, 0.4) is 0 Å². The van der Waals surface area contributed by atoms with Crippen molar-refractivity contribution >= 4 is 21.7 Å². The molecule has 0 aliphatic rings. The van der Waals surface area contributed by atoms with E-state index in [1.807, 2.05) is 43.3 Å². The van der Waals surface area contributed by atoms with Crippen LogP contribution < -0.4 is 4.74 Å². The van der Waals surface area contributed by atoms with E-state index in [1.54, 1.807) is 19.2 Å². The first-order chi connectivity index (χ1) is 9.13. The summed E-state index contributed by atoms with van der Waals surface area (Å²) in [5.41, 5.74) is 1.70. The van der Waals surface area contributed by atoms with Gasteiger partial charge in [0.25, 0.3) is 0 Å². The van der Waals surface area contributed by atoms with E-state index in [9.17, 15) is 4.79 Å². The highest BCUT2D eigenvalue weighted by atomic mass is 79.9. The molecule has 0 aromatic heterocycles. The normalized spacial score (nSPS) is 11.9. The van der Waals surface area contributed by atoms with Gasteiger partial charge in [0, 0.05) is 16.0 Å². The highest BCUT2D eigenvalue weighted by Crippen LogP contribution is 2.28. The third-order valence-electron chi connectivity index (χ3n) is 3.13. The molecule has 0 aliphatic carbocycles. The van der Waals surface area contributed by atoms with Crippen molar-refractivity contribution in [1.82, 2.24) is 0 Å². The van der Waals surface area contributed by atoms with Crippen molar-refractivity contribution in [3.05, 3.63) is 64.1 Å². The summed E-state index contributed by atoms with van der Waals surface area (Å²) in [7, 11) is 1.61. The molecule has 1 unspecified atom stereocenters. The van der Waals surface area contributed by atoms with Gasteiger partial charge in [-0.2, -0.15) is 0 Å². The number of benzene rings is 2. The second-order valence-corrected chi connectivity index (χ2v) is 5.20. The van der Waals surface area contributed by atoms with E-state index >= 15 is 0 Å². The first kappa shape index (κ1) is 13.8. The molecule has 2 aromatic rings. The molecule has 0 spiro atoms. The monoisotopic (exact) mass is 318 g/mol. The first-order valence-corrected chi connectivity index (χ1v) is 6.85. The molecule has 0 saturated heterocycles. The van der Waals surface area contributed by atoms with E-state index < -0.39 is 0 Å². The van der Waals surface area contributed by atoms with Gasteiger partial charge in [-0.25, -0.2) is 0 Å². The highest BCUT2D eigenvalue weighted by Gasteiger charge is 2.19. The third kappa shape index (κ3) is 3.04. The van der Waals surface area contributed by atoms with Crippen LogP contribution in [0.15, 0.2) is 53.0 Å². The summed E-state index contributed by atoms with van der Waals surface area (Å²) in [6.45, 7) is 1.92. The fourth-order valence-electron chi connectivity index (χ4n) is 1.95. The maximum atomic E-state index is 12.5. The number of halogens is 1. The van der Waals surface area contributed by atoms with Gasteiger partial charge in [-0.15, -0.1) is 0 Å². The molecule has 1 atom stereocenters. The van der Waals surface area contributed by atoms with Crippen LogP contribution in [0.1, 0.15) is 28.8 Å². The molecule has 0 fully saturated rings. The van der Waals surface area contributed by atoms with Crippen molar-refractivity contribution in [3.63, 3.8) is 0 Å². The molecule has 0 amide bonds. The number of Topliss-reactive ketones (excluding diaryl/α,β-unsaturated/α-hetero) is 1. The second kappa shape index (κ2) is 6.02. The number of rotatable bonds is 4. The summed E-state index contributed by atoms with van der Waals surface area (Å²) in [5.74, 6) is 0.669. The number of carbonyl (C=O) groups is 1. The average Bonchev–Trinajstić information content (AvgIpc) is 2.46. The maximum absolute atomic E-state index is 12.5. The molecule has 98 valence electrons. The minimum absolute atomic E-state index is 0.0979. The Hall–Kier alpha value is -1.61. The summed E-state index contributed by atoms with van der Waals surface area (Å²) < 4.78 is 5.90. The fraction of sp³-hybridized carbons (Fsp3) is 0.188. The molecule has 0 radical (unpaired) electrons. The van der Waals surface area contributed by atoms with Gasteiger partial charge in [0.2, 0.25) is 0 Å². The van der Waals surface area contributed by atoms with Crippen LogP contribution in [0.5, 0.6) is 5.75 Å². The predicted molar refractivity (Wildman–Crippen MR) is 79.9 cm³/mol. The fourth-order valence-corrected chi connectivity index (χ4v) is 2.50. The molecule has 3 heteroatoms. The lowest BCUT2D eigenvalue weighted by Crippen LogP contribution is -2.10. The molecule has 19 heavy (non-hydrogen) atoms. The summed E-state index contributed by atoms with van der Waals surface area (Å²) in [4.78, 5) is 12.5. The van der Waals surface area contributed by atoms with Crippen LogP contribution >= 0.6 is 15.9 Å². The smallest absolute Gasteiger partial charge is 0.171 e. The Morgan fingerprint density at radius 3 is 2.42 bits per heavy atom. The summed E-state index contributed by atoms with van der Waals surface area (Å²) in [5, 5.41) is 0. The Bertz CT molecular complexity index is 579. The maximum Gasteiger partial charge on any atom is 0.171 e. The number of ether oxygens (including phenoxy) is 1. The van der Waals surface area contributed by atoms with Crippen molar-refractivity contribution in [3.8, 4) is 5.75 Å². The van der Waals surface area contributed by atoms with Crippen molar-refractivity contribution in [2.45, 2.75) is 12.8 Å². The van der Waals surface area contributed by atoms with Crippen LogP contribution in [0.2, 0.25) is 0 Å². The molecular weight excluding hydrogens is 304 g/mol. The van der Waals surface area contributed by atoms with E-state index in [1.165, 1.54) is 0 Å². The Balaban J connectivity index is 2.29. The molecule has 2 nitrogen and oxygen atoms in total. The van der Waals surface area contributed by atoms with Gasteiger partial charge >= 0.3 is 0 Å². The Labute approximate surface area is 121 Å². The van der Waals surface area contributed by atoms with E-state index in [4.69, 9.17) is 4.74 Å². The predicted octanol–water partition coefficient (Wildman–Crippen LogP) is 4.44. The van der Waals surface area contributed by atoms with E-state index in [2.05, 4.69) is 15.9 Å². The molecule has 0 N–H and O–H groups in total. The van der Waals surface area contributed by atoms with Crippen LogP contribution in [0.4, 0.5) is 0 Å². The zero-order chi connectivity index (χ0) is 13.8. The molecule has 2 rings (SSSR count). The zero-order valence-corrected chi connectivity index (χ0v) is 12.5. The highest BCUT2D eigenvalue weighted by molar-refractivity contribution is 9.10. The van der Waals surface area contributed by atoms with Crippen molar-refractivity contribution in [1.29, 1.82) is 0 Å². The van der Waals surface area contributed by atoms with E-state index in [-0.39, 0.29) is 11.7 Å². The Kier molecular flexibility index (Phi) is 4.38. The van der Waals surface area contributed by atoms with Crippen molar-refractivity contribution in [2.24, 2.45) is 0 Å². The number of hydrogen-bond donors (Lipinski definition) is 0. The van der Waals surface area contributed by atoms with E-state index in [0.717, 1.165) is 15.8 Å². The summed E-state index contributed by atoms with van der Waals surface area (Å²) in [6.07, 6.45) is 0. The van der Waals surface area contributed by atoms with Crippen LogP contribution in [-0.4, -0.2) is 12.9 Å². The summed E-state index contributed by atoms with van der Waals surface area (Å²) >= 11 is 3.43. The van der Waals surface area contributed by atoms with Crippen LogP contribution in [0, 0.1) is 0 Å². The molecule has 2 aromatic carbocycles. The molecular formula is C16H15BrO2. The lowest BCUT2D eigenvalue weighted by Gasteiger charge is -2.12. The Morgan fingerprint density at radius 2 is 1.84 bits per heavy atom. The first-order valence-electron chi connectivity index (χ1n) is 6.06. The van der Waals surface area contributed by atoms with Gasteiger partial charge < -0.3 is 4.74 Å². The second-order valence-electron chi connectivity index (χ2n) is 4.34. The largest absolute Gasteiger partial charge is 0.497 e. The zero-order valence-electron chi connectivity index (χ0n) is 10.9. The lowest BCUT2D eigenvalue weighted by atomic mass is 9.92. The number of methoxy groups -OCH3 is 1. The minimum atomic E-state index is -0.161. The summed E-state index contributed by atoms with van der Waals surface area (Å²) in [6, 6.07) is 15.2. The van der Waals surface area contributed by atoms with Gasteiger partial charge in [-0.05, 0) is 39.7 Å². The lowest BCUT2D eigenvalue weighted by molar-refractivity contribution is 0.0965. The molecule has 0 saturated carbocycles. The quantitative estimate of drug-likeness (QED) is 0.779. The van der Waals surface area contributed by atoms with Crippen molar-refractivity contribution < 1.29 is 9.53 Å². The van der Waals surface area contributed by atoms with Gasteiger partial charge in [0.05, 0.1) is 7.11 Å². The average molecular weight is 319 g/mol. The van der Waals surface area contributed by atoms with Gasteiger partial charge in [-0.1, -0.05) is 37.3 Å². The van der Waals surface area contributed by atoms with E-state index in [0.29, 0.717) is 5.56 Å². The molecule has 0 bridgehead atoms. The standard InChI is InChI=1S/C16H15BrO2/c1-11(12-6-4-3-5-7-12)16(18)14-9-8-13(19-2)10-15(14)17/h3-11H,1-2H3. The minimum Gasteiger partial charge on any atom is -0.497 e. The van der Waals surface area contributed by atoms with Gasteiger partial charge in [0.1, 0.15) is 5.75 Å². The topological polar surface area (TPSA) is 26.3 Å². The van der Waals surface area contributed by atoms with Gasteiger partial charge in [-0.3, -0.25) is 4.79 Å². The third-order valence-corrected chi connectivity index (χ3v) is 3.79. The number of ketones is 1. The van der Waals surface area contributed by atoms with Crippen molar-refractivity contribution in [2.75, 3.05) is 7.11 Å². The Morgan fingerprint density at radius 1 is 1.16 bits per heavy atom. The van der Waals surface area contributed by atoms with Crippen LogP contribution in [0.25, 0.3) is 0 Å². The number of carbonyl (C=O) groups excluding carboxylic acids is 1. The SMILES string of the molecule is COc1ccc(C(=O)C(C)c2ccccc2)c(Br)c1. The van der Waals surface area contributed by atoms with Crippen LogP contribution in [-0.2, 0) is 0 Å². The number of hydrogen-bond acceptors (Lipinski definition) is 2. The van der Waals surface area contributed by atoms with Gasteiger partial charge in [0.15, 0.2) is 5.78 Å². The molecule has 0 aliphatic heterocycles.